The molecule has 5 heteroatoms. The molecule has 1 amide bonds. The summed E-state index contributed by atoms with van der Waals surface area (Å²) in [6.45, 7) is 3.90. The van der Waals surface area contributed by atoms with Crippen molar-refractivity contribution in [1.82, 2.24) is 9.88 Å². The van der Waals surface area contributed by atoms with Crippen LogP contribution in [0.15, 0.2) is 18.5 Å². The van der Waals surface area contributed by atoms with Gasteiger partial charge in [0.15, 0.2) is 0 Å². The summed E-state index contributed by atoms with van der Waals surface area (Å²) < 4.78 is 5.87. The van der Waals surface area contributed by atoms with E-state index in [1.165, 1.54) is 0 Å². The summed E-state index contributed by atoms with van der Waals surface area (Å²) >= 11 is 0. The Morgan fingerprint density at radius 2 is 2.19 bits per heavy atom. The molecule has 0 aromatic carbocycles. The second kappa shape index (κ2) is 5.73. The van der Waals surface area contributed by atoms with Crippen molar-refractivity contribution in [1.29, 1.82) is 0 Å². The summed E-state index contributed by atoms with van der Waals surface area (Å²) in [5.41, 5.74) is 1.19. The quantitative estimate of drug-likeness (QED) is 0.852. The van der Waals surface area contributed by atoms with Crippen molar-refractivity contribution in [2.75, 3.05) is 19.7 Å². The molecule has 0 aliphatic carbocycles. The molecule has 2 aliphatic heterocycles. The molecule has 3 heterocycles. The van der Waals surface area contributed by atoms with Gasteiger partial charge in [-0.15, -0.1) is 0 Å². The SMILES string of the molecule is Cc1cncc(C(=O)N2CCC3(CC2)OCCC[C@@H]3O)c1. The van der Waals surface area contributed by atoms with Crippen LogP contribution in [0.3, 0.4) is 0 Å². The molecule has 1 aromatic heterocycles. The highest BCUT2D eigenvalue weighted by molar-refractivity contribution is 5.94. The number of pyridine rings is 1. The van der Waals surface area contributed by atoms with Crippen molar-refractivity contribution < 1.29 is 14.6 Å². The molecule has 1 spiro atoms. The van der Waals surface area contributed by atoms with Gasteiger partial charge >= 0.3 is 0 Å². The van der Waals surface area contributed by atoms with Gasteiger partial charge in [-0.2, -0.15) is 0 Å². The lowest BCUT2D eigenvalue weighted by Gasteiger charge is -2.46. The number of ether oxygens (including phenoxy) is 1. The molecule has 5 nitrogen and oxygen atoms in total. The molecular weight excluding hydrogens is 268 g/mol. The average molecular weight is 290 g/mol. The van der Waals surface area contributed by atoms with E-state index < -0.39 is 11.7 Å². The van der Waals surface area contributed by atoms with Gasteiger partial charge < -0.3 is 14.7 Å². The molecule has 0 radical (unpaired) electrons. The Kier molecular flexibility index (Phi) is 3.95. The zero-order chi connectivity index (χ0) is 14.9. The third-order valence-electron chi connectivity index (χ3n) is 4.64. The molecule has 2 saturated heterocycles. The predicted octanol–water partition coefficient (Wildman–Crippen LogP) is 1.54. The van der Waals surface area contributed by atoms with Crippen LogP contribution in [0.25, 0.3) is 0 Å². The van der Waals surface area contributed by atoms with Crippen LogP contribution in [0.1, 0.15) is 41.6 Å². The summed E-state index contributed by atoms with van der Waals surface area (Å²) in [7, 11) is 0. The molecule has 0 unspecified atom stereocenters. The minimum absolute atomic E-state index is 0.0198. The maximum atomic E-state index is 12.5. The molecule has 21 heavy (non-hydrogen) atoms. The van der Waals surface area contributed by atoms with Crippen molar-refractivity contribution in [2.24, 2.45) is 0 Å². The van der Waals surface area contributed by atoms with E-state index in [2.05, 4.69) is 4.98 Å². The lowest BCUT2D eigenvalue weighted by atomic mass is 9.82. The van der Waals surface area contributed by atoms with Gasteiger partial charge in [-0.05, 0) is 44.2 Å². The minimum Gasteiger partial charge on any atom is -0.390 e. The molecule has 3 rings (SSSR count). The van der Waals surface area contributed by atoms with E-state index >= 15 is 0 Å². The first-order valence-corrected chi connectivity index (χ1v) is 7.64. The summed E-state index contributed by atoms with van der Waals surface area (Å²) in [6, 6.07) is 1.87. The number of piperidine rings is 1. The van der Waals surface area contributed by atoms with Crippen molar-refractivity contribution in [3.05, 3.63) is 29.6 Å². The van der Waals surface area contributed by atoms with Crippen molar-refractivity contribution >= 4 is 5.91 Å². The fourth-order valence-electron chi connectivity index (χ4n) is 3.33. The number of hydrogen-bond acceptors (Lipinski definition) is 4. The third-order valence-corrected chi connectivity index (χ3v) is 4.64. The summed E-state index contributed by atoms with van der Waals surface area (Å²) in [4.78, 5) is 18.4. The first-order valence-electron chi connectivity index (χ1n) is 7.64. The fourth-order valence-corrected chi connectivity index (χ4v) is 3.33. The monoisotopic (exact) mass is 290 g/mol. The largest absolute Gasteiger partial charge is 0.390 e. The first kappa shape index (κ1) is 14.5. The maximum Gasteiger partial charge on any atom is 0.255 e. The van der Waals surface area contributed by atoms with E-state index in [1.807, 2.05) is 17.9 Å². The van der Waals surface area contributed by atoms with Crippen LogP contribution in [0, 0.1) is 6.92 Å². The van der Waals surface area contributed by atoms with Gasteiger partial charge in [-0.3, -0.25) is 9.78 Å². The van der Waals surface area contributed by atoms with E-state index in [0.717, 1.165) is 18.4 Å². The number of amides is 1. The van der Waals surface area contributed by atoms with E-state index in [4.69, 9.17) is 4.74 Å². The van der Waals surface area contributed by atoms with Crippen molar-refractivity contribution in [2.45, 2.75) is 44.3 Å². The molecule has 2 aliphatic rings. The fraction of sp³-hybridized carbons (Fsp3) is 0.625. The van der Waals surface area contributed by atoms with Gasteiger partial charge in [-0.25, -0.2) is 0 Å². The summed E-state index contributed by atoms with van der Waals surface area (Å²) in [5.74, 6) is 0.0198. The van der Waals surface area contributed by atoms with Gasteiger partial charge in [0.1, 0.15) is 0 Å². The highest BCUT2D eigenvalue weighted by Gasteiger charge is 2.44. The third kappa shape index (κ3) is 2.80. The van der Waals surface area contributed by atoms with Gasteiger partial charge in [-0.1, -0.05) is 0 Å². The Labute approximate surface area is 124 Å². The van der Waals surface area contributed by atoms with Crippen LogP contribution in [0.4, 0.5) is 0 Å². The van der Waals surface area contributed by atoms with E-state index in [1.54, 1.807) is 12.4 Å². The number of aryl methyl sites for hydroxylation is 1. The number of aromatic nitrogens is 1. The predicted molar refractivity (Wildman–Crippen MR) is 78.0 cm³/mol. The van der Waals surface area contributed by atoms with Crippen LogP contribution in [0.5, 0.6) is 0 Å². The van der Waals surface area contributed by atoms with E-state index in [-0.39, 0.29) is 5.91 Å². The number of aliphatic hydroxyl groups is 1. The Bertz CT molecular complexity index is 524. The molecule has 0 saturated carbocycles. The van der Waals surface area contributed by atoms with Crippen LogP contribution >= 0.6 is 0 Å². The lowest BCUT2D eigenvalue weighted by molar-refractivity contribution is -0.174. The van der Waals surface area contributed by atoms with Crippen molar-refractivity contribution in [3.8, 4) is 0 Å². The minimum atomic E-state index is -0.431. The number of rotatable bonds is 1. The molecule has 2 fully saturated rings. The molecule has 114 valence electrons. The maximum absolute atomic E-state index is 12.5. The van der Waals surface area contributed by atoms with Gasteiger partial charge in [0.05, 0.1) is 17.3 Å². The second-order valence-electron chi connectivity index (χ2n) is 6.11. The zero-order valence-corrected chi connectivity index (χ0v) is 12.4. The molecular formula is C16H22N2O3. The van der Waals surface area contributed by atoms with E-state index in [9.17, 15) is 9.90 Å². The number of hydrogen-bond donors (Lipinski definition) is 1. The van der Waals surface area contributed by atoms with Crippen LogP contribution < -0.4 is 0 Å². The summed E-state index contributed by atoms with van der Waals surface area (Å²) in [6.07, 6.45) is 6.10. The van der Waals surface area contributed by atoms with Crippen LogP contribution in [0.2, 0.25) is 0 Å². The van der Waals surface area contributed by atoms with E-state index in [0.29, 0.717) is 38.1 Å². The molecule has 1 aromatic rings. The molecule has 1 N–H and O–H groups in total. The standard InChI is InChI=1S/C16H22N2O3/c1-12-9-13(11-17-10-12)15(20)18-6-4-16(5-7-18)14(19)3-2-8-21-16/h9-11,14,19H,2-8H2,1H3/t14-/m0/s1. The van der Waals surface area contributed by atoms with Gasteiger partial charge in [0.2, 0.25) is 0 Å². The number of likely N-dealkylation sites (tertiary alicyclic amines) is 1. The number of aliphatic hydroxyl groups excluding tert-OH is 1. The Balaban J connectivity index is 1.67. The zero-order valence-electron chi connectivity index (χ0n) is 12.4. The second-order valence-corrected chi connectivity index (χ2v) is 6.11. The highest BCUT2D eigenvalue weighted by atomic mass is 16.5. The molecule has 0 bridgehead atoms. The summed E-state index contributed by atoms with van der Waals surface area (Å²) in [5, 5.41) is 10.2. The number of carbonyl (C=O) groups excluding carboxylic acids is 1. The smallest absolute Gasteiger partial charge is 0.255 e. The topological polar surface area (TPSA) is 62.7 Å². The number of nitrogens with zero attached hydrogens (tertiary/aromatic N) is 2. The number of carbonyl (C=O) groups is 1. The van der Waals surface area contributed by atoms with Crippen LogP contribution in [-0.2, 0) is 4.74 Å². The van der Waals surface area contributed by atoms with Crippen LogP contribution in [-0.4, -0.2) is 52.3 Å². The average Bonchev–Trinajstić information content (AvgIpc) is 2.50. The normalized spacial score (nSPS) is 25.0. The lowest BCUT2D eigenvalue weighted by Crippen LogP contribution is -2.56. The Hall–Kier alpha value is -1.46. The Morgan fingerprint density at radius 1 is 1.43 bits per heavy atom. The molecule has 1 atom stereocenters. The van der Waals surface area contributed by atoms with Crippen molar-refractivity contribution in [3.63, 3.8) is 0 Å². The van der Waals surface area contributed by atoms with Gasteiger partial charge in [0, 0.05) is 32.1 Å². The van der Waals surface area contributed by atoms with Gasteiger partial charge in [0.25, 0.3) is 5.91 Å². The highest BCUT2D eigenvalue weighted by Crippen LogP contribution is 2.35. The Morgan fingerprint density at radius 3 is 2.86 bits per heavy atom. The first-order chi connectivity index (χ1) is 10.1.